The molecule has 0 atom stereocenters. The number of rotatable bonds is 3. The minimum absolute atomic E-state index is 0.100. The van der Waals surface area contributed by atoms with Gasteiger partial charge in [-0.05, 0) is 18.6 Å². The van der Waals surface area contributed by atoms with Crippen molar-refractivity contribution in [2.45, 2.75) is 6.92 Å². The zero-order valence-electron chi connectivity index (χ0n) is 7.64. The fraction of sp³-hybridized carbons (Fsp3) is 0.100. The molecule has 1 aromatic rings. The highest BCUT2D eigenvalue weighted by molar-refractivity contribution is 5.82. The molecule has 0 saturated heterocycles. The minimum Gasteiger partial charge on any atom is -0.298 e. The maximum atomic E-state index is 10.6. The molecule has 14 heavy (non-hydrogen) atoms. The second kappa shape index (κ2) is 4.32. The molecule has 1 aromatic carbocycles. The maximum absolute atomic E-state index is 10.6. The summed E-state index contributed by atoms with van der Waals surface area (Å²) >= 11 is 0. The molecule has 0 aromatic heterocycles. The van der Waals surface area contributed by atoms with E-state index < -0.39 is 4.92 Å². The van der Waals surface area contributed by atoms with Crippen molar-refractivity contribution in [3.8, 4) is 0 Å². The lowest BCUT2D eigenvalue weighted by Gasteiger charge is -1.97. The molecule has 0 aliphatic heterocycles. The number of carbonyl (C=O) groups is 1. The Hall–Kier alpha value is -1.97. The molecule has 0 unspecified atom stereocenters. The monoisotopic (exact) mass is 191 g/mol. The van der Waals surface area contributed by atoms with Crippen LogP contribution in [0.1, 0.15) is 22.8 Å². The van der Waals surface area contributed by atoms with Crippen molar-refractivity contribution in [3.63, 3.8) is 0 Å². The van der Waals surface area contributed by atoms with Gasteiger partial charge in [-0.3, -0.25) is 14.9 Å². The molecular formula is C10H9NO3. The summed E-state index contributed by atoms with van der Waals surface area (Å²) in [5.74, 6) is 0. The van der Waals surface area contributed by atoms with Gasteiger partial charge in [-0.2, -0.15) is 0 Å². The predicted octanol–water partition coefficient (Wildman–Crippen LogP) is 2.44. The molecule has 0 saturated carbocycles. The van der Waals surface area contributed by atoms with E-state index in [0.717, 1.165) is 0 Å². The summed E-state index contributed by atoms with van der Waals surface area (Å²) in [6.07, 6.45) is 4.00. The molecule has 0 spiro atoms. The van der Waals surface area contributed by atoms with Crippen LogP contribution in [0, 0.1) is 10.1 Å². The minimum atomic E-state index is -0.559. The third-order valence-electron chi connectivity index (χ3n) is 1.74. The van der Waals surface area contributed by atoms with E-state index >= 15 is 0 Å². The first-order valence-electron chi connectivity index (χ1n) is 4.05. The van der Waals surface area contributed by atoms with E-state index in [2.05, 4.69) is 0 Å². The van der Waals surface area contributed by atoms with Gasteiger partial charge in [-0.15, -0.1) is 0 Å². The first-order chi connectivity index (χ1) is 6.69. The van der Waals surface area contributed by atoms with Gasteiger partial charge in [0.2, 0.25) is 0 Å². The Morgan fingerprint density at radius 1 is 1.43 bits per heavy atom. The summed E-state index contributed by atoms with van der Waals surface area (Å²) < 4.78 is 0. The molecule has 4 nitrogen and oxygen atoms in total. The van der Waals surface area contributed by atoms with Crippen LogP contribution in [-0.2, 0) is 0 Å². The average molecular weight is 191 g/mol. The van der Waals surface area contributed by atoms with Crippen molar-refractivity contribution in [1.82, 2.24) is 0 Å². The Labute approximate surface area is 81.0 Å². The summed E-state index contributed by atoms with van der Waals surface area (Å²) in [5, 5.41) is 10.6. The van der Waals surface area contributed by atoms with Crippen molar-refractivity contribution in [2.75, 3.05) is 0 Å². The number of allylic oxidation sites excluding steroid dienone is 1. The van der Waals surface area contributed by atoms with Crippen LogP contribution in [0.15, 0.2) is 24.3 Å². The smallest absolute Gasteiger partial charge is 0.280 e. The normalized spacial score (nSPS) is 10.4. The summed E-state index contributed by atoms with van der Waals surface area (Å²) in [5.41, 5.74) is 0.656. The zero-order valence-corrected chi connectivity index (χ0v) is 7.64. The van der Waals surface area contributed by atoms with Gasteiger partial charge in [-0.1, -0.05) is 18.2 Å². The van der Waals surface area contributed by atoms with E-state index in [9.17, 15) is 14.9 Å². The van der Waals surface area contributed by atoms with E-state index in [1.165, 1.54) is 12.1 Å². The van der Waals surface area contributed by atoms with Crippen LogP contribution in [0.2, 0.25) is 0 Å². The van der Waals surface area contributed by atoms with Crippen LogP contribution in [-0.4, -0.2) is 11.2 Å². The lowest BCUT2D eigenvalue weighted by molar-refractivity contribution is -0.385. The molecule has 0 heterocycles. The van der Waals surface area contributed by atoms with Crippen LogP contribution >= 0.6 is 0 Å². The predicted molar refractivity (Wildman–Crippen MR) is 53.2 cm³/mol. The molecule has 0 fully saturated rings. The second-order valence-electron chi connectivity index (χ2n) is 2.69. The molecule has 0 aliphatic rings. The lowest BCUT2D eigenvalue weighted by Crippen LogP contribution is -1.94. The van der Waals surface area contributed by atoms with Crippen molar-refractivity contribution in [3.05, 3.63) is 45.5 Å². The van der Waals surface area contributed by atoms with E-state index in [4.69, 9.17) is 0 Å². The molecule has 0 amide bonds. The van der Waals surface area contributed by atoms with Crippen molar-refractivity contribution >= 4 is 18.0 Å². The number of nitro groups is 1. The molecule has 1 rings (SSSR count). The highest BCUT2D eigenvalue weighted by atomic mass is 16.6. The molecule has 0 aliphatic carbocycles. The van der Waals surface area contributed by atoms with Gasteiger partial charge in [0.15, 0.2) is 6.29 Å². The summed E-state index contributed by atoms with van der Waals surface area (Å²) in [7, 11) is 0. The Balaban J connectivity index is 3.27. The van der Waals surface area contributed by atoms with Crippen molar-refractivity contribution < 1.29 is 9.72 Å². The van der Waals surface area contributed by atoms with Gasteiger partial charge < -0.3 is 0 Å². The van der Waals surface area contributed by atoms with Crippen LogP contribution in [0.3, 0.4) is 0 Å². The number of hydrogen-bond donors (Lipinski definition) is 0. The topological polar surface area (TPSA) is 60.2 Å². The van der Waals surface area contributed by atoms with E-state index in [-0.39, 0.29) is 11.3 Å². The van der Waals surface area contributed by atoms with E-state index in [1.807, 2.05) is 6.92 Å². The van der Waals surface area contributed by atoms with E-state index in [1.54, 1.807) is 18.2 Å². The van der Waals surface area contributed by atoms with Crippen LogP contribution in [0.5, 0.6) is 0 Å². The first kappa shape index (κ1) is 10.1. The highest BCUT2D eigenvalue weighted by Gasteiger charge is 2.12. The fourth-order valence-corrected chi connectivity index (χ4v) is 1.11. The lowest BCUT2D eigenvalue weighted by atomic mass is 10.1. The third kappa shape index (κ3) is 2.04. The van der Waals surface area contributed by atoms with Gasteiger partial charge in [-0.25, -0.2) is 0 Å². The Morgan fingerprint density at radius 2 is 2.14 bits per heavy atom. The average Bonchev–Trinajstić information content (AvgIpc) is 2.18. The van der Waals surface area contributed by atoms with E-state index in [0.29, 0.717) is 11.8 Å². The van der Waals surface area contributed by atoms with Gasteiger partial charge in [0.25, 0.3) is 5.69 Å². The van der Waals surface area contributed by atoms with Crippen molar-refractivity contribution in [1.29, 1.82) is 0 Å². The number of hydrogen-bond acceptors (Lipinski definition) is 3. The number of benzene rings is 1. The number of nitro benzene ring substituents is 1. The Kier molecular flexibility index (Phi) is 3.12. The molecule has 0 bridgehead atoms. The highest BCUT2D eigenvalue weighted by Crippen LogP contribution is 2.19. The molecule has 72 valence electrons. The van der Waals surface area contributed by atoms with Gasteiger partial charge >= 0.3 is 0 Å². The van der Waals surface area contributed by atoms with Crippen LogP contribution < -0.4 is 0 Å². The summed E-state index contributed by atoms with van der Waals surface area (Å²) in [6.45, 7) is 1.82. The Bertz CT molecular complexity index is 396. The summed E-state index contributed by atoms with van der Waals surface area (Å²) in [6, 6.07) is 4.49. The molecular weight excluding hydrogens is 182 g/mol. The molecule has 0 N–H and O–H groups in total. The van der Waals surface area contributed by atoms with Crippen LogP contribution in [0.25, 0.3) is 6.08 Å². The maximum Gasteiger partial charge on any atom is 0.280 e. The molecule has 4 heteroatoms. The SMILES string of the molecule is CC=Cc1ccc(C=O)c([N+](=O)[O-])c1. The first-order valence-corrected chi connectivity index (χ1v) is 4.05. The molecule has 0 radical (unpaired) electrons. The Morgan fingerprint density at radius 3 is 2.64 bits per heavy atom. The van der Waals surface area contributed by atoms with Gasteiger partial charge in [0, 0.05) is 6.07 Å². The zero-order chi connectivity index (χ0) is 10.6. The third-order valence-corrected chi connectivity index (χ3v) is 1.74. The number of aldehydes is 1. The second-order valence-corrected chi connectivity index (χ2v) is 2.69. The quantitative estimate of drug-likeness (QED) is 0.418. The number of nitrogens with zero attached hydrogens (tertiary/aromatic N) is 1. The fourth-order valence-electron chi connectivity index (χ4n) is 1.11. The van der Waals surface area contributed by atoms with Crippen LogP contribution in [0.4, 0.5) is 5.69 Å². The number of carbonyl (C=O) groups excluding carboxylic acids is 1. The van der Waals surface area contributed by atoms with Crippen molar-refractivity contribution in [2.24, 2.45) is 0 Å². The summed E-state index contributed by atoms with van der Waals surface area (Å²) in [4.78, 5) is 20.5. The van der Waals surface area contributed by atoms with Gasteiger partial charge in [0.05, 0.1) is 10.5 Å². The van der Waals surface area contributed by atoms with Gasteiger partial charge in [0.1, 0.15) is 0 Å². The largest absolute Gasteiger partial charge is 0.298 e. The standard InChI is InChI=1S/C10H9NO3/c1-2-3-8-4-5-9(7-12)10(6-8)11(13)14/h2-7H,1H3.